The van der Waals surface area contributed by atoms with E-state index in [1.165, 1.54) is 6.42 Å². The number of para-hydroxylation sites is 2. The van der Waals surface area contributed by atoms with Crippen molar-refractivity contribution in [3.05, 3.63) is 59.7 Å². The summed E-state index contributed by atoms with van der Waals surface area (Å²) < 4.78 is 17.6. The van der Waals surface area contributed by atoms with Crippen LogP contribution in [0.25, 0.3) is 0 Å². The molecule has 0 bridgehead atoms. The van der Waals surface area contributed by atoms with Crippen molar-refractivity contribution >= 4 is 5.97 Å². The predicted molar refractivity (Wildman–Crippen MR) is 98.6 cm³/mol. The van der Waals surface area contributed by atoms with Crippen molar-refractivity contribution < 1.29 is 19.0 Å². The standard InChI is InChI=1S/C22H24O4/c1-15(14-16-8-6-7-13-24-16)25-22(23)21-17-9-2-4-11-19(17)26-20-12-5-3-10-18(20)21/h2-5,9-12,15-16,21H,6-8,13-14H2,1H3. The summed E-state index contributed by atoms with van der Waals surface area (Å²) >= 11 is 0. The third kappa shape index (κ3) is 3.47. The Labute approximate surface area is 154 Å². The molecule has 2 aliphatic heterocycles. The fraction of sp³-hybridized carbons (Fsp3) is 0.409. The Morgan fingerprint density at radius 2 is 1.73 bits per heavy atom. The van der Waals surface area contributed by atoms with E-state index < -0.39 is 5.92 Å². The first-order valence-electron chi connectivity index (χ1n) is 9.40. The molecule has 4 heteroatoms. The molecule has 2 unspecified atom stereocenters. The van der Waals surface area contributed by atoms with Crippen LogP contribution in [-0.4, -0.2) is 24.8 Å². The highest BCUT2D eigenvalue weighted by Crippen LogP contribution is 2.44. The van der Waals surface area contributed by atoms with Crippen molar-refractivity contribution in [2.24, 2.45) is 0 Å². The topological polar surface area (TPSA) is 44.8 Å². The van der Waals surface area contributed by atoms with Crippen LogP contribution in [0.3, 0.4) is 0 Å². The molecule has 2 heterocycles. The molecular weight excluding hydrogens is 328 g/mol. The predicted octanol–water partition coefficient (Wildman–Crippen LogP) is 4.82. The van der Waals surface area contributed by atoms with Crippen molar-refractivity contribution in [3.63, 3.8) is 0 Å². The van der Waals surface area contributed by atoms with E-state index in [1.807, 2.05) is 55.5 Å². The fourth-order valence-corrected chi connectivity index (χ4v) is 3.84. The number of hydrogen-bond acceptors (Lipinski definition) is 4. The number of esters is 1. The summed E-state index contributed by atoms with van der Waals surface area (Å²) in [5, 5.41) is 0. The lowest BCUT2D eigenvalue weighted by molar-refractivity contribution is -0.151. The molecule has 26 heavy (non-hydrogen) atoms. The van der Waals surface area contributed by atoms with Gasteiger partial charge in [-0.25, -0.2) is 0 Å². The number of carbonyl (C=O) groups is 1. The van der Waals surface area contributed by atoms with E-state index >= 15 is 0 Å². The lowest BCUT2D eigenvalue weighted by Crippen LogP contribution is -2.29. The monoisotopic (exact) mass is 352 g/mol. The highest BCUT2D eigenvalue weighted by Gasteiger charge is 2.34. The van der Waals surface area contributed by atoms with E-state index in [0.717, 1.165) is 48.5 Å². The summed E-state index contributed by atoms with van der Waals surface area (Å²) in [6, 6.07) is 15.3. The maximum Gasteiger partial charge on any atom is 0.318 e. The lowest BCUT2D eigenvalue weighted by Gasteiger charge is -2.29. The van der Waals surface area contributed by atoms with Gasteiger partial charge in [0.2, 0.25) is 0 Å². The van der Waals surface area contributed by atoms with Gasteiger partial charge in [0.25, 0.3) is 0 Å². The maximum absolute atomic E-state index is 13.1. The molecule has 136 valence electrons. The molecule has 1 fully saturated rings. The molecule has 2 aromatic rings. The molecule has 0 saturated carbocycles. The molecule has 2 aliphatic rings. The van der Waals surface area contributed by atoms with Crippen LogP contribution in [0.2, 0.25) is 0 Å². The van der Waals surface area contributed by atoms with Gasteiger partial charge in [-0.1, -0.05) is 36.4 Å². The number of carbonyl (C=O) groups excluding carboxylic acids is 1. The largest absolute Gasteiger partial charge is 0.462 e. The Hall–Kier alpha value is -2.33. The Morgan fingerprint density at radius 3 is 2.35 bits per heavy atom. The Balaban J connectivity index is 1.53. The minimum atomic E-state index is -0.453. The van der Waals surface area contributed by atoms with Gasteiger partial charge >= 0.3 is 5.97 Å². The van der Waals surface area contributed by atoms with Crippen LogP contribution in [-0.2, 0) is 14.3 Å². The van der Waals surface area contributed by atoms with Crippen molar-refractivity contribution in [1.29, 1.82) is 0 Å². The van der Waals surface area contributed by atoms with Gasteiger partial charge in [-0.05, 0) is 38.3 Å². The summed E-state index contributed by atoms with van der Waals surface area (Å²) in [5.74, 6) is 0.759. The van der Waals surface area contributed by atoms with Crippen molar-refractivity contribution in [2.45, 2.75) is 50.7 Å². The quantitative estimate of drug-likeness (QED) is 0.741. The number of rotatable bonds is 4. The minimum Gasteiger partial charge on any atom is -0.462 e. The second-order valence-electron chi connectivity index (χ2n) is 7.08. The normalized spacial score (nSPS) is 20.4. The Bertz CT molecular complexity index is 734. The van der Waals surface area contributed by atoms with Crippen molar-refractivity contribution in [1.82, 2.24) is 0 Å². The van der Waals surface area contributed by atoms with Gasteiger partial charge in [-0.3, -0.25) is 4.79 Å². The fourth-order valence-electron chi connectivity index (χ4n) is 3.84. The molecule has 1 saturated heterocycles. The first-order chi connectivity index (χ1) is 12.7. The zero-order chi connectivity index (χ0) is 17.9. The minimum absolute atomic E-state index is 0.173. The van der Waals surface area contributed by atoms with E-state index in [0.29, 0.717) is 0 Å². The van der Waals surface area contributed by atoms with Crippen molar-refractivity contribution in [3.8, 4) is 11.5 Å². The Morgan fingerprint density at radius 1 is 1.08 bits per heavy atom. The summed E-state index contributed by atoms with van der Waals surface area (Å²) in [6.07, 6.45) is 4.13. The van der Waals surface area contributed by atoms with Crippen LogP contribution in [0.15, 0.2) is 48.5 Å². The van der Waals surface area contributed by atoms with Crippen LogP contribution in [0.1, 0.15) is 49.7 Å². The van der Waals surface area contributed by atoms with Gasteiger partial charge in [0.1, 0.15) is 23.5 Å². The Kier molecular flexibility index (Phi) is 4.93. The second kappa shape index (κ2) is 7.50. The lowest BCUT2D eigenvalue weighted by atomic mass is 9.88. The molecule has 0 amide bonds. The van der Waals surface area contributed by atoms with Crippen LogP contribution in [0.5, 0.6) is 11.5 Å². The molecule has 0 aliphatic carbocycles. The zero-order valence-electron chi connectivity index (χ0n) is 15.0. The van der Waals surface area contributed by atoms with Gasteiger partial charge < -0.3 is 14.2 Å². The van der Waals surface area contributed by atoms with E-state index in [2.05, 4.69) is 0 Å². The maximum atomic E-state index is 13.1. The zero-order valence-corrected chi connectivity index (χ0v) is 15.0. The van der Waals surface area contributed by atoms with Crippen molar-refractivity contribution in [2.75, 3.05) is 6.61 Å². The van der Waals surface area contributed by atoms with E-state index in [9.17, 15) is 4.79 Å². The molecule has 0 N–H and O–H groups in total. The number of benzene rings is 2. The summed E-state index contributed by atoms with van der Waals surface area (Å²) in [4.78, 5) is 13.1. The summed E-state index contributed by atoms with van der Waals surface area (Å²) in [5.41, 5.74) is 1.72. The van der Waals surface area contributed by atoms with Gasteiger partial charge in [-0.2, -0.15) is 0 Å². The van der Waals surface area contributed by atoms with Crippen LogP contribution < -0.4 is 4.74 Å². The average Bonchev–Trinajstić information content (AvgIpc) is 2.66. The molecule has 0 aromatic heterocycles. The average molecular weight is 352 g/mol. The third-order valence-electron chi connectivity index (χ3n) is 5.10. The number of hydrogen-bond donors (Lipinski definition) is 0. The van der Waals surface area contributed by atoms with Crippen LogP contribution in [0.4, 0.5) is 0 Å². The third-order valence-corrected chi connectivity index (χ3v) is 5.10. The first kappa shape index (κ1) is 17.1. The molecule has 2 aromatic carbocycles. The van der Waals surface area contributed by atoms with E-state index in [1.54, 1.807) is 0 Å². The van der Waals surface area contributed by atoms with Crippen LogP contribution >= 0.6 is 0 Å². The van der Waals surface area contributed by atoms with Gasteiger partial charge in [0.15, 0.2) is 0 Å². The van der Waals surface area contributed by atoms with Crippen LogP contribution in [0, 0.1) is 0 Å². The van der Waals surface area contributed by atoms with Gasteiger partial charge in [0.05, 0.1) is 6.10 Å². The molecule has 4 nitrogen and oxygen atoms in total. The van der Waals surface area contributed by atoms with E-state index in [-0.39, 0.29) is 18.2 Å². The van der Waals surface area contributed by atoms with Gasteiger partial charge in [-0.15, -0.1) is 0 Å². The molecule has 0 spiro atoms. The first-order valence-corrected chi connectivity index (χ1v) is 9.40. The molecule has 0 radical (unpaired) electrons. The van der Waals surface area contributed by atoms with Gasteiger partial charge in [0, 0.05) is 24.2 Å². The molecular formula is C22H24O4. The summed E-state index contributed by atoms with van der Waals surface area (Å²) in [7, 11) is 0. The van der Waals surface area contributed by atoms with E-state index in [4.69, 9.17) is 14.2 Å². The number of ether oxygens (including phenoxy) is 3. The SMILES string of the molecule is CC(CC1CCCCO1)OC(=O)C1c2ccccc2Oc2ccccc21. The highest BCUT2D eigenvalue weighted by atomic mass is 16.5. The smallest absolute Gasteiger partial charge is 0.318 e. The highest BCUT2D eigenvalue weighted by molar-refractivity contribution is 5.85. The molecule has 2 atom stereocenters. The number of fused-ring (bicyclic) bond motifs is 2. The summed E-state index contributed by atoms with van der Waals surface area (Å²) in [6.45, 7) is 2.76. The second-order valence-corrected chi connectivity index (χ2v) is 7.08. The molecule has 4 rings (SSSR count).